The molecule has 0 bridgehead atoms. The highest BCUT2D eigenvalue weighted by Crippen LogP contribution is 2.34. The Morgan fingerprint density at radius 3 is 3.00 bits per heavy atom. The molecule has 2 aromatic rings. The zero-order valence-electron chi connectivity index (χ0n) is 10.7. The van der Waals surface area contributed by atoms with Gasteiger partial charge in [-0.15, -0.1) is 0 Å². The largest absolute Gasteiger partial charge is 0.493 e. The maximum absolute atomic E-state index is 10.9. The highest BCUT2D eigenvalue weighted by molar-refractivity contribution is 9.10. The van der Waals surface area contributed by atoms with Crippen molar-refractivity contribution < 1.29 is 14.3 Å². The van der Waals surface area contributed by atoms with Crippen LogP contribution in [-0.2, 0) is 0 Å². The number of hydrogen-bond donors (Lipinski definition) is 0. The summed E-state index contributed by atoms with van der Waals surface area (Å²) in [5, 5.41) is 0. The van der Waals surface area contributed by atoms with Gasteiger partial charge in [0.15, 0.2) is 6.29 Å². The summed E-state index contributed by atoms with van der Waals surface area (Å²) in [6.07, 6.45) is 0.810. The normalized spacial score (nSPS) is 16.4. The van der Waals surface area contributed by atoms with Crippen LogP contribution in [-0.4, -0.2) is 19.5 Å². The fourth-order valence-corrected chi connectivity index (χ4v) is 2.61. The standard InChI is InChI=1S/C16H13BrO3/c17-15-6-5-13(7-11(15)8-18)19-9-12-10-20-16-4-2-1-3-14(12)16/h1-8,12H,9-10H2. The number of fused-ring (bicyclic) bond motifs is 1. The van der Waals surface area contributed by atoms with Crippen LogP contribution in [0.1, 0.15) is 21.8 Å². The van der Waals surface area contributed by atoms with Crippen LogP contribution in [0.4, 0.5) is 0 Å². The highest BCUT2D eigenvalue weighted by atomic mass is 79.9. The van der Waals surface area contributed by atoms with Crippen molar-refractivity contribution in [1.29, 1.82) is 0 Å². The van der Waals surface area contributed by atoms with Crippen LogP contribution in [0.15, 0.2) is 46.9 Å². The van der Waals surface area contributed by atoms with Crippen LogP contribution in [0.25, 0.3) is 0 Å². The average Bonchev–Trinajstić information content (AvgIpc) is 2.90. The van der Waals surface area contributed by atoms with E-state index in [0.29, 0.717) is 24.5 Å². The molecular weight excluding hydrogens is 320 g/mol. The highest BCUT2D eigenvalue weighted by Gasteiger charge is 2.24. The van der Waals surface area contributed by atoms with E-state index < -0.39 is 0 Å². The van der Waals surface area contributed by atoms with Crippen molar-refractivity contribution in [3.63, 3.8) is 0 Å². The molecule has 102 valence electrons. The van der Waals surface area contributed by atoms with Crippen LogP contribution in [0.5, 0.6) is 11.5 Å². The molecule has 0 saturated heterocycles. The fraction of sp³-hybridized carbons (Fsp3) is 0.188. The maximum atomic E-state index is 10.9. The molecular formula is C16H13BrO3. The van der Waals surface area contributed by atoms with Gasteiger partial charge in [-0.1, -0.05) is 34.1 Å². The Morgan fingerprint density at radius 1 is 1.30 bits per heavy atom. The second-order valence-corrected chi connectivity index (χ2v) is 5.51. The molecule has 1 heterocycles. The molecule has 3 nitrogen and oxygen atoms in total. The predicted molar refractivity (Wildman–Crippen MR) is 79.7 cm³/mol. The van der Waals surface area contributed by atoms with Crippen molar-refractivity contribution in [2.24, 2.45) is 0 Å². The van der Waals surface area contributed by atoms with Crippen LogP contribution in [0, 0.1) is 0 Å². The molecule has 2 aromatic carbocycles. The van der Waals surface area contributed by atoms with E-state index in [9.17, 15) is 4.79 Å². The first-order valence-corrected chi connectivity index (χ1v) is 7.16. The van der Waals surface area contributed by atoms with Gasteiger partial charge in [-0.05, 0) is 24.3 Å². The van der Waals surface area contributed by atoms with Crippen LogP contribution in [0.2, 0.25) is 0 Å². The van der Waals surface area contributed by atoms with E-state index in [4.69, 9.17) is 9.47 Å². The summed E-state index contributed by atoms with van der Waals surface area (Å²) in [7, 11) is 0. The topological polar surface area (TPSA) is 35.5 Å². The summed E-state index contributed by atoms with van der Waals surface area (Å²) in [4.78, 5) is 10.9. The second-order valence-electron chi connectivity index (χ2n) is 4.66. The minimum atomic E-state index is 0.231. The van der Waals surface area contributed by atoms with E-state index in [1.165, 1.54) is 5.56 Å². The Morgan fingerprint density at radius 2 is 2.15 bits per heavy atom. The average molecular weight is 333 g/mol. The molecule has 0 spiro atoms. The lowest BCUT2D eigenvalue weighted by molar-refractivity contribution is 0.112. The summed E-state index contributed by atoms with van der Waals surface area (Å²) in [6.45, 7) is 1.17. The number of rotatable bonds is 4. The lowest BCUT2D eigenvalue weighted by Crippen LogP contribution is -2.11. The van der Waals surface area contributed by atoms with Crippen molar-refractivity contribution in [2.75, 3.05) is 13.2 Å². The predicted octanol–water partition coefficient (Wildman–Crippen LogP) is 3.82. The van der Waals surface area contributed by atoms with Crippen LogP contribution in [0.3, 0.4) is 0 Å². The van der Waals surface area contributed by atoms with Crippen molar-refractivity contribution >= 4 is 22.2 Å². The number of benzene rings is 2. The van der Waals surface area contributed by atoms with E-state index in [0.717, 1.165) is 16.5 Å². The molecule has 1 atom stereocenters. The molecule has 1 aliphatic heterocycles. The number of ether oxygens (including phenoxy) is 2. The summed E-state index contributed by atoms with van der Waals surface area (Å²) in [5.74, 6) is 1.86. The third-order valence-corrected chi connectivity index (χ3v) is 4.07. The molecule has 1 aliphatic rings. The Balaban J connectivity index is 1.70. The first-order valence-electron chi connectivity index (χ1n) is 6.37. The van der Waals surface area contributed by atoms with Gasteiger partial charge in [0.1, 0.15) is 11.5 Å². The number of hydrogen-bond acceptors (Lipinski definition) is 3. The first kappa shape index (κ1) is 13.2. The molecule has 0 fully saturated rings. The van der Waals surface area contributed by atoms with Gasteiger partial charge >= 0.3 is 0 Å². The Kier molecular flexibility index (Phi) is 3.74. The van der Waals surface area contributed by atoms with Gasteiger partial charge in [0.05, 0.1) is 19.1 Å². The smallest absolute Gasteiger partial charge is 0.151 e. The van der Waals surface area contributed by atoms with E-state index in [1.807, 2.05) is 30.3 Å². The van der Waals surface area contributed by atoms with E-state index in [2.05, 4.69) is 22.0 Å². The Labute approximate surface area is 125 Å². The minimum Gasteiger partial charge on any atom is -0.493 e. The summed E-state index contributed by atoms with van der Waals surface area (Å²) in [5.41, 5.74) is 1.77. The van der Waals surface area contributed by atoms with Gasteiger partial charge in [0.2, 0.25) is 0 Å². The van der Waals surface area contributed by atoms with Crippen molar-refractivity contribution in [2.45, 2.75) is 5.92 Å². The molecule has 1 unspecified atom stereocenters. The number of aldehydes is 1. The lowest BCUT2D eigenvalue weighted by Gasteiger charge is -2.12. The van der Waals surface area contributed by atoms with Crippen LogP contribution < -0.4 is 9.47 Å². The van der Waals surface area contributed by atoms with E-state index in [1.54, 1.807) is 6.07 Å². The summed E-state index contributed by atoms with van der Waals surface area (Å²) < 4.78 is 12.2. The number of para-hydroxylation sites is 1. The zero-order valence-corrected chi connectivity index (χ0v) is 12.3. The van der Waals surface area contributed by atoms with Gasteiger partial charge in [-0.25, -0.2) is 0 Å². The van der Waals surface area contributed by atoms with Crippen LogP contribution >= 0.6 is 15.9 Å². The van der Waals surface area contributed by atoms with Crippen molar-refractivity contribution in [1.82, 2.24) is 0 Å². The quantitative estimate of drug-likeness (QED) is 0.798. The molecule has 0 amide bonds. The second kappa shape index (κ2) is 5.67. The third-order valence-electron chi connectivity index (χ3n) is 3.34. The third kappa shape index (κ3) is 2.56. The first-order chi connectivity index (χ1) is 9.78. The van der Waals surface area contributed by atoms with Gasteiger partial charge < -0.3 is 9.47 Å². The van der Waals surface area contributed by atoms with Gasteiger partial charge in [-0.3, -0.25) is 4.79 Å². The van der Waals surface area contributed by atoms with Gasteiger partial charge in [0, 0.05) is 15.6 Å². The van der Waals surface area contributed by atoms with Gasteiger partial charge in [0.25, 0.3) is 0 Å². The van der Waals surface area contributed by atoms with Crippen molar-refractivity contribution in [3.8, 4) is 11.5 Å². The molecule has 0 aliphatic carbocycles. The Hall–Kier alpha value is -1.81. The van der Waals surface area contributed by atoms with Crippen molar-refractivity contribution in [3.05, 3.63) is 58.1 Å². The summed E-state index contributed by atoms with van der Waals surface area (Å²) in [6, 6.07) is 13.4. The molecule has 0 radical (unpaired) electrons. The zero-order chi connectivity index (χ0) is 13.9. The lowest BCUT2D eigenvalue weighted by atomic mass is 10.0. The van der Waals surface area contributed by atoms with Gasteiger partial charge in [-0.2, -0.15) is 0 Å². The molecule has 0 N–H and O–H groups in total. The monoisotopic (exact) mass is 332 g/mol. The fourth-order valence-electron chi connectivity index (χ4n) is 2.27. The molecule has 3 rings (SSSR count). The maximum Gasteiger partial charge on any atom is 0.151 e. The molecule has 0 aromatic heterocycles. The number of carbonyl (C=O) groups excluding carboxylic acids is 1. The summed E-state index contributed by atoms with van der Waals surface area (Å²) >= 11 is 3.32. The SMILES string of the molecule is O=Cc1cc(OCC2COc3ccccc32)ccc1Br. The number of halogens is 1. The minimum absolute atomic E-state index is 0.231. The Bertz CT molecular complexity index is 639. The van der Waals surface area contributed by atoms with E-state index >= 15 is 0 Å². The molecule has 0 saturated carbocycles. The molecule has 20 heavy (non-hydrogen) atoms. The van der Waals surface area contributed by atoms with E-state index in [-0.39, 0.29) is 5.92 Å². The number of carbonyl (C=O) groups is 1. The molecule has 4 heteroatoms.